The molecule has 20 heavy (non-hydrogen) atoms. The summed E-state index contributed by atoms with van der Waals surface area (Å²) >= 11 is 0. The quantitative estimate of drug-likeness (QED) is 0.832. The molecule has 1 atom stereocenters. The van der Waals surface area contributed by atoms with Gasteiger partial charge in [0.1, 0.15) is 5.82 Å². The van der Waals surface area contributed by atoms with E-state index in [0.717, 1.165) is 12.1 Å². The van der Waals surface area contributed by atoms with Gasteiger partial charge in [0.2, 0.25) is 10.0 Å². The lowest BCUT2D eigenvalue weighted by atomic mass is 9.95. The standard InChI is InChI=1S/C13H19FN2O3S/c1-13(2)8-11(3-4-19-13)16-20(17,18)12-6-9(14)5-10(15)7-12/h5-7,11,16H,3-4,8,15H2,1-2H3. The first kappa shape index (κ1) is 15.2. The van der Waals surface area contributed by atoms with Gasteiger partial charge in [-0.25, -0.2) is 17.5 Å². The molecule has 1 aliphatic heterocycles. The van der Waals surface area contributed by atoms with Crippen LogP contribution in [0, 0.1) is 5.82 Å². The smallest absolute Gasteiger partial charge is 0.241 e. The third-order valence-electron chi connectivity index (χ3n) is 3.22. The van der Waals surface area contributed by atoms with Gasteiger partial charge in [-0.15, -0.1) is 0 Å². The fourth-order valence-corrected chi connectivity index (χ4v) is 3.69. The number of rotatable bonds is 3. The molecule has 1 aromatic carbocycles. The highest BCUT2D eigenvalue weighted by Gasteiger charge is 2.31. The largest absolute Gasteiger partial charge is 0.399 e. The zero-order valence-corrected chi connectivity index (χ0v) is 12.3. The Labute approximate surface area is 118 Å². The summed E-state index contributed by atoms with van der Waals surface area (Å²) in [4.78, 5) is -0.153. The third-order valence-corrected chi connectivity index (χ3v) is 4.72. The van der Waals surface area contributed by atoms with Crippen LogP contribution in [0.2, 0.25) is 0 Å². The van der Waals surface area contributed by atoms with Crippen molar-refractivity contribution in [1.82, 2.24) is 4.72 Å². The van der Waals surface area contributed by atoms with E-state index >= 15 is 0 Å². The normalized spacial score (nSPS) is 22.6. The van der Waals surface area contributed by atoms with Crippen molar-refractivity contribution in [3.63, 3.8) is 0 Å². The Bertz CT molecular complexity index is 581. The Morgan fingerprint density at radius 2 is 2.10 bits per heavy atom. The summed E-state index contributed by atoms with van der Waals surface area (Å²) in [6.45, 7) is 4.31. The maximum Gasteiger partial charge on any atom is 0.241 e. The van der Waals surface area contributed by atoms with Gasteiger partial charge in [-0.2, -0.15) is 0 Å². The summed E-state index contributed by atoms with van der Waals surface area (Å²) in [5.41, 5.74) is 5.19. The van der Waals surface area contributed by atoms with E-state index in [4.69, 9.17) is 10.5 Å². The molecule has 5 nitrogen and oxygen atoms in total. The predicted molar refractivity (Wildman–Crippen MR) is 74.2 cm³/mol. The minimum atomic E-state index is -3.78. The highest BCUT2D eigenvalue weighted by atomic mass is 32.2. The lowest BCUT2D eigenvalue weighted by Gasteiger charge is -2.35. The van der Waals surface area contributed by atoms with Gasteiger partial charge >= 0.3 is 0 Å². The highest BCUT2D eigenvalue weighted by molar-refractivity contribution is 7.89. The number of halogens is 1. The second-order valence-corrected chi connectivity index (χ2v) is 7.35. The van der Waals surface area contributed by atoms with Crippen LogP contribution in [0.5, 0.6) is 0 Å². The molecule has 1 saturated heterocycles. The zero-order chi connectivity index (χ0) is 15.0. The number of ether oxygens (including phenoxy) is 1. The van der Waals surface area contributed by atoms with E-state index in [0.29, 0.717) is 19.4 Å². The van der Waals surface area contributed by atoms with Crippen LogP contribution in [0.4, 0.5) is 10.1 Å². The van der Waals surface area contributed by atoms with Crippen LogP contribution >= 0.6 is 0 Å². The molecule has 0 spiro atoms. The van der Waals surface area contributed by atoms with E-state index in [2.05, 4.69) is 4.72 Å². The summed E-state index contributed by atoms with van der Waals surface area (Å²) in [5.74, 6) is -0.669. The second-order valence-electron chi connectivity index (χ2n) is 5.64. The molecule has 0 bridgehead atoms. The minimum absolute atomic E-state index is 0.0812. The molecular weight excluding hydrogens is 283 g/mol. The molecule has 1 unspecified atom stereocenters. The van der Waals surface area contributed by atoms with Crippen LogP contribution in [0.3, 0.4) is 0 Å². The molecule has 2 rings (SSSR count). The van der Waals surface area contributed by atoms with Gasteiger partial charge in [0.25, 0.3) is 0 Å². The molecule has 0 saturated carbocycles. The first-order valence-electron chi connectivity index (χ1n) is 6.40. The number of hydrogen-bond acceptors (Lipinski definition) is 4. The summed E-state index contributed by atoms with van der Waals surface area (Å²) in [6, 6.07) is 3.06. The van der Waals surface area contributed by atoms with Crippen LogP contribution in [0.1, 0.15) is 26.7 Å². The number of sulfonamides is 1. The fourth-order valence-electron chi connectivity index (χ4n) is 2.36. The van der Waals surface area contributed by atoms with Crippen molar-refractivity contribution in [1.29, 1.82) is 0 Å². The Kier molecular flexibility index (Phi) is 4.04. The van der Waals surface area contributed by atoms with Gasteiger partial charge < -0.3 is 10.5 Å². The lowest BCUT2D eigenvalue weighted by Crippen LogP contribution is -2.45. The average Bonchev–Trinajstić information content (AvgIpc) is 2.25. The fraction of sp³-hybridized carbons (Fsp3) is 0.538. The molecule has 1 fully saturated rings. The molecule has 0 radical (unpaired) electrons. The van der Waals surface area contributed by atoms with Crippen LogP contribution in [-0.4, -0.2) is 26.7 Å². The van der Waals surface area contributed by atoms with Gasteiger partial charge in [-0.1, -0.05) is 0 Å². The van der Waals surface area contributed by atoms with E-state index in [1.165, 1.54) is 6.07 Å². The van der Waals surface area contributed by atoms with Gasteiger partial charge in [0.05, 0.1) is 10.5 Å². The van der Waals surface area contributed by atoms with E-state index in [9.17, 15) is 12.8 Å². The van der Waals surface area contributed by atoms with Crippen molar-refractivity contribution in [2.75, 3.05) is 12.3 Å². The highest BCUT2D eigenvalue weighted by Crippen LogP contribution is 2.25. The number of hydrogen-bond donors (Lipinski definition) is 2. The lowest BCUT2D eigenvalue weighted by molar-refractivity contribution is -0.0599. The van der Waals surface area contributed by atoms with Crippen LogP contribution in [0.15, 0.2) is 23.1 Å². The van der Waals surface area contributed by atoms with Gasteiger partial charge in [-0.3, -0.25) is 0 Å². The molecule has 0 aromatic heterocycles. The molecule has 1 heterocycles. The molecule has 1 aromatic rings. The average molecular weight is 302 g/mol. The van der Waals surface area contributed by atoms with Crippen molar-refractivity contribution >= 4 is 15.7 Å². The first-order valence-corrected chi connectivity index (χ1v) is 7.89. The van der Waals surface area contributed by atoms with Crippen LogP contribution < -0.4 is 10.5 Å². The number of benzene rings is 1. The number of nitrogens with two attached hydrogens (primary N) is 1. The Morgan fingerprint density at radius 1 is 1.40 bits per heavy atom. The van der Waals surface area contributed by atoms with E-state index in [1.807, 2.05) is 13.8 Å². The summed E-state index contributed by atoms with van der Waals surface area (Å²) in [5, 5.41) is 0. The van der Waals surface area contributed by atoms with Crippen molar-refractivity contribution in [2.45, 2.75) is 43.2 Å². The maximum absolute atomic E-state index is 13.3. The molecule has 3 N–H and O–H groups in total. The molecule has 112 valence electrons. The number of nitrogen functional groups attached to an aromatic ring is 1. The second kappa shape index (κ2) is 5.31. The summed E-state index contributed by atoms with van der Waals surface area (Å²) in [7, 11) is -3.78. The molecule has 0 amide bonds. The Morgan fingerprint density at radius 3 is 2.70 bits per heavy atom. The zero-order valence-electron chi connectivity index (χ0n) is 11.5. The summed E-state index contributed by atoms with van der Waals surface area (Å²) < 4.78 is 45.9. The molecule has 7 heteroatoms. The van der Waals surface area contributed by atoms with Crippen LogP contribution in [-0.2, 0) is 14.8 Å². The predicted octanol–water partition coefficient (Wildman–Crippen LogP) is 1.64. The van der Waals surface area contributed by atoms with Crippen molar-refractivity contribution in [3.8, 4) is 0 Å². The third kappa shape index (κ3) is 3.68. The van der Waals surface area contributed by atoms with Gasteiger partial charge in [0, 0.05) is 18.3 Å². The van der Waals surface area contributed by atoms with Gasteiger partial charge in [-0.05, 0) is 44.9 Å². The first-order chi connectivity index (χ1) is 9.18. The monoisotopic (exact) mass is 302 g/mol. The van der Waals surface area contributed by atoms with Crippen LogP contribution in [0.25, 0.3) is 0 Å². The van der Waals surface area contributed by atoms with Crippen molar-refractivity contribution in [3.05, 3.63) is 24.0 Å². The Hall–Kier alpha value is -1.18. The molecule has 1 aliphatic rings. The van der Waals surface area contributed by atoms with Crippen molar-refractivity contribution < 1.29 is 17.5 Å². The maximum atomic E-state index is 13.3. The number of nitrogens with one attached hydrogen (secondary N) is 1. The molecular formula is C13H19FN2O3S. The minimum Gasteiger partial charge on any atom is -0.399 e. The topological polar surface area (TPSA) is 81.4 Å². The molecule has 0 aliphatic carbocycles. The van der Waals surface area contributed by atoms with E-state index in [1.54, 1.807) is 0 Å². The van der Waals surface area contributed by atoms with Crippen molar-refractivity contribution in [2.24, 2.45) is 0 Å². The van der Waals surface area contributed by atoms with E-state index in [-0.39, 0.29) is 22.2 Å². The number of anilines is 1. The SMILES string of the molecule is CC1(C)CC(NS(=O)(=O)c2cc(N)cc(F)c2)CCO1. The van der Waals surface area contributed by atoms with Gasteiger partial charge in [0.15, 0.2) is 0 Å². The summed E-state index contributed by atoms with van der Waals surface area (Å²) in [6.07, 6.45) is 1.16. The Balaban J connectivity index is 2.19. The van der Waals surface area contributed by atoms with E-state index < -0.39 is 15.8 Å².